The number of halogens is 1. The Morgan fingerprint density at radius 3 is 2.57 bits per heavy atom. The summed E-state index contributed by atoms with van der Waals surface area (Å²) in [5.74, 6) is 0.221. The molecule has 1 heterocycles. The Hall–Kier alpha value is -3.48. The van der Waals surface area contributed by atoms with E-state index in [4.69, 9.17) is 4.74 Å². The lowest BCUT2D eigenvalue weighted by Crippen LogP contribution is -2.34. The lowest BCUT2D eigenvalue weighted by molar-refractivity contribution is -0.133. The molecule has 1 aromatic heterocycles. The standard InChI is InChI=1S/C23H25FN4O2/c1-4-28(14-18-8-6-5-7-9-18)22(29)15-30-21-13-17(3)25-23(27-21)26-19-10-11-20(24)16(2)12-19/h5-13H,4,14-15H2,1-3H3,(H,25,26,27). The predicted octanol–water partition coefficient (Wildman–Crippen LogP) is 4.40. The van der Waals surface area contributed by atoms with Crippen LogP contribution in [0.1, 0.15) is 23.7 Å². The van der Waals surface area contributed by atoms with Gasteiger partial charge in [0, 0.05) is 30.5 Å². The zero-order chi connectivity index (χ0) is 21.5. The summed E-state index contributed by atoms with van der Waals surface area (Å²) in [6.45, 7) is 6.42. The topological polar surface area (TPSA) is 67.4 Å². The molecule has 0 fully saturated rings. The smallest absolute Gasteiger partial charge is 0.260 e. The Balaban J connectivity index is 1.64. The van der Waals surface area contributed by atoms with Crippen LogP contribution < -0.4 is 10.1 Å². The van der Waals surface area contributed by atoms with E-state index in [0.29, 0.717) is 41.9 Å². The van der Waals surface area contributed by atoms with Gasteiger partial charge in [-0.3, -0.25) is 4.79 Å². The van der Waals surface area contributed by atoms with E-state index < -0.39 is 0 Å². The molecule has 0 bridgehead atoms. The van der Waals surface area contributed by atoms with E-state index in [1.54, 1.807) is 30.0 Å². The van der Waals surface area contributed by atoms with Crippen LogP contribution in [0, 0.1) is 19.7 Å². The zero-order valence-corrected chi connectivity index (χ0v) is 17.4. The molecule has 3 aromatic rings. The first-order valence-corrected chi connectivity index (χ1v) is 9.78. The average Bonchev–Trinajstić information content (AvgIpc) is 2.73. The van der Waals surface area contributed by atoms with Crippen LogP contribution in [0.4, 0.5) is 16.0 Å². The van der Waals surface area contributed by atoms with Crippen LogP contribution in [-0.4, -0.2) is 33.9 Å². The molecule has 1 N–H and O–H groups in total. The van der Waals surface area contributed by atoms with E-state index in [1.165, 1.54) is 6.07 Å². The summed E-state index contributed by atoms with van der Waals surface area (Å²) in [7, 11) is 0. The van der Waals surface area contributed by atoms with Gasteiger partial charge in [0.2, 0.25) is 11.8 Å². The minimum Gasteiger partial charge on any atom is -0.467 e. The summed E-state index contributed by atoms with van der Waals surface area (Å²) in [6.07, 6.45) is 0. The highest BCUT2D eigenvalue weighted by Crippen LogP contribution is 2.19. The second-order valence-electron chi connectivity index (χ2n) is 6.94. The van der Waals surface area contributed by atoms with Gasteiger partial charge in [-0.15, -0.1) is 0 Å². The Morgan fingerprint density at radius 1 is 1.10 bits per heavy atom. The lowest BCUT2D eigenvalue weighted by Gasteiger charge is -2.21. The SMILES string of the molecule is CCN(Cc1ccccc1)C(=O)COc1cc(C)nc(Nc2ccc(F)c(C)c2)n1. The van der Waals surface area contributed by atoms with Crippen LogP contribution in [0.3, 0.4) is 0 Å². The molecule has 0 spiro atoms. The van der Waals surface area contributed by atoms with Gasteiger partial charge in [-0.25, -0.2) is 9.37 Å². The average molecular weight is 408 g/mol. The molecule has 1 amide bonds. The summed E-state index contributed by atoms with van der Waals surface area (Å²) < 4.78 is 19.1. The number of hydrogen-bond acceptors (Lipinski definition) is 5. The molecule has 2 aromatic carbocycles. The lowest BCUT2D eigenvalue weighted by atomic mass is 10.2. The molecular formula is C23H25FN4O2. The maximum Gasteiger partial charge on any atom is 0.260 e. The molecule has 3 rings (SSSR count). The highest BCUT2D eigenvalue weighted by molar-refractivity contribution is 5.77. The monoisotopic (exact) mass is 408 g/mol. The van der Waals surface area contributed by atoms with Gasteiger partial charge in [0.05, 0.1) is 0 Å². The van der Waals surface area contributed by atoms with Gasteiger partial charge in [0.1, 0.15) is 5.82 Å². The number of nitrogens with one attached hydrogen (secondary N) is 1. The first-order valence-electron chi connectivity index (χ1n) is 9.78. The molecule has 0 atom stereocenters. The van der Waals surface area contributed by atoms with Gasteiger partial charge in [-0.2, -0.15) is 4.98 Å². The van der Waals surface area contributed by atoms with Crippen LogP contribution in [0.25, 0.3) is 0 Å². The fourth-order valence-corrected chi connectivity index (χ4v) is 2.93. The van der Waals surface area contributed by atoms with Gasteiger partial charge in [-0.1, -0.05) is 30.3 Å². The molecule has 0 aliphatic rings. The third-order valence-electron chi connectivity index (χ3n) is 4.54. The van der Waals surface area contributed by atoms with E-state index in [2.05, 4.69) is 15.3 Å². The van der Waals surface area contributed by atoms with Crippen molar-refractivity contribution in [2.75, 3.05) is 18.5 Å². The molecule has 30 heavy (non-hydrogen) atoms. The van der Waals surface area contributed by atoms with Crippen LogP contribution in [0.15, 0.2) is 54.6 Å². The quantitative estimate of drug-likeness (QED) is 0.598. The van der Waals surface area contributed by atoms with Crippen molar-refractivity contribution in [3.63, 3.8) is 0 Å². The Labute approximate surface area is 175 Å². The van der Waals surface area contributed by atoms with Gasteiger partial charge in [-0.05, 0) is 50.1 Å². The third-order valence-corrected chi connectivity index (χ3v) is 4.54. The number of ether oxygens (including phenoxy) is 1. The van der Waals surface area contributed by atoms with Crippen molar-refractivity contribution in [2.24, 2.45) is 0 Å². The maximum atomic E-state index is 13.5. The number of amides is 1. The van der Waals surface area contributed by atoms with Crippen molar-refractivity contribution < 1.29 is 13.9 Å². The summed E-state index contributed by atoms with van der Waals surface area (Å²) in [4.78, 5) is 23.0. The Bertz CT molecular complexity index is 1010. The van der Waals surface area contributed by atoms with Crippen molar-refractivity contribution in [3.8, 4) is 5.88 Å². The van der Waals surface area contributed by atoms with Gasteiger partial charge in [0.15, 0.2) is 6.61 Å². The highest BCUT2D eigenvalue weighted by atomic mass is 19.1. The number of likely N-dealkylation sites (N-methyl/N-ethyl adjacent to an activating group) is 1. The van der Waals surface area contributed by atoms with Crippen LogP contribution in [-0.2, 0) is 11.3 Å². The highest BCUT2D eigenvalue weighted by Gasteiger charge is 2.14. The van der Waals surface area contributed by atoms with E-state index in [1.807, 2.05) is 44.2 Å². The minimum absolute atomic E-state index is 0.119. The zero-order valence-electron chi connectivity index (χ0n) is 17.4. The second kappa shape index (κ2) is 9.82. The van der Waals surface area contributed by atoms with Gasteiger partial charge >= 0.3 is 0 Å². The molecule has 0 unspecified atom stereocenters. The van der Waals surface area contributed by atoms with Crippen molar-refractivity contribution in [1.29, 1.82) is 0 Å². The van der Waals surface area contributed by atoms with Crippen molar-refractivity contribution in [2.45, 2.75) is 27.3 Å². The number of anilines is 2. The van der Waals surface area contributed by atoms with Gasteiger partial charge in [0.25, 0.3) is 5.91 Å². The summed E-state index contributed by atoms with van der Waals surface area (Å²) in [6, 6.07) is 16.2. The number of carbonyl (C=O) groups is 1. The van der Waals surface area contributed by atoms with Crippen LogP contribution in [0.5, 0.6) is 5.88 Å². The van der Waals surface area contributed by atoms with Crippen molar-refractivity contribution >= 4 is 17.5 Å². The fourth-order valence-electron chi connectivity index (χ4n) is 2.93. The fraction of sp³-hybridized carbons (Fsp3) is 0.261. The van der Waals surface area contributed by atoms with Crippen LogP contribution in [0.2, 0.25) is 0 Å². The summed E-state index contributed by atoms with van der Waals surface area (Å²) >= 11 is 0. The number of rotatable bonds is 8. The molecular weight excluding hydrogens is 383 g/mol. The molecule has 156 valence electrons. The number of carbonyl (C=O) groups excluding carboxylic acids is 1. The number of aromatic nitrogens is 2. The molecule has 0 aliphatic heterocycles. The summed E-state index contributed by atoms with van der Waals surface area (Å²) in [5, 5.41) is 3.04. The molecule has 0 aliphatic carbocycles. The first-order chi connectivity index (χ1) is 14.4. The van der Waals surface area contributed by atoms with E-state index >= 15 is 0 Å². The Kier molecular flexibility index (Phi) is 6.95. The number of benzene rings is 2. The second-order valence-corrected chi connectivity index (χ2v) is 6.94. The van der Waals surface area contributed by atoms with Crippen molar-refractivity contribution in [3.05, 3.63) is 77.2 Å². The minimum atomic E-state index is -0.274. The molecule has 7 heteroatoms. The Morgan fingerprint density at radius 2 is 1.87 bits per heavy atom. The van der Waals surface area contributed by atoms with E-state index in [9.17, 15) is 9.18 Å². The van der Waals surface area contributed by atoms with Crippen LogP contribution >= 0.6 is 0 Å². The maximum absolute atomic E-state index is 13.5. The molecule has 0 saturated carbocycles. The van der Waals surface area contributed by atoms with Crippen molar-refractivity contribution in [1.82, 2.24) is 14.9 Å². The number of hydrogen-bond donors (Lipinski definition) is 1. The molecule has 6 nitrogen and oxygen atoms in total. The largest absolute Gasteiger partial charge is 0.467 e. The van der Waals surface area contributed by atoms with E-state index in [0.717, 1.165) is 5.56 Å². The number of nitrogens with zero attached hydrogens (tertiary/aromatic N) is 3. The molecule has 0 radical (unpaired) electrons. The predicted molar refractivity (Wildman–Crippen MR) is 114 cm³/mol. The van der Waals surface area contributed by atoms with E-state index in [-0.39, 0.29) is 18.3 Å². The van der Waals surface area contributed by atoms with Gasteiger partial charge < -0.3 is 15.0 Å². The number of aryl methyl sites for hydroxylation is 2. The summed E-state index contributed by atoms with van der Waals surface area (Å²) in [5.41, 5.74) is 2.94. The first kappa shape index (κ1) is 21.2. The molecule has 0 saturated heterocycles. The third kappa shape index (κ3) is 5.76. The normalized spacial score (nSPS) is 10.5.